The van der Waals surface area contributed by atoms with Crippen LogP contribution in [0.25, 0.3) is 0 Å². The van der Waals surface area contributed by atoms with Crippen molar-refractivity contribution in [1.82, 2.24) is 5.32 Å². The molecule has 2 rings (SSSR count). The number of carbonyl (C=O) groups is 1. The first-order valence-electron chi connectivity index (χ1n) is 8.28. The zero-order chi connectivity index (χ0) is 15.6. The molecule has 1 aliphatic heterocycles. The van der Waals surface area contributed by atoms with Crippen LogP contribution in [0.3, 0.4) is 0 Å². The molecule has 1 N–H and O–H groups in total. The topological polar surface area (TPSA) is 47.6 Å². The van der Waals surface area contributed by atoms with E-state index in [4.69, 9.17) is 9.47 Å². The maximum atomic E-state index is 12.0. The SMILES string of the molecule is CCC(NC(=O)CCOCc1ccccc1)C1CCOCC1. The summed E-state index contributed by atoms with van der Waals surface area (Å²) in [6.45, 7) is 4.79. The second-order valence-electron chi connectivity index (χ2n) is 5.82. The summed E-state index contributed by atoms with van der Waals surface area (Å²) in [5.41, 5.74) is 1.14. The summed E-state index contributed by atoms with van der Waals surface area (Å²) in [4.78, 5) is 12.0. The van der Waals surface area contributed by atoms with Crippen molar-refractivity contribution >= 4 is 5.91 Å². The molecule has 0 saturated carbocycles. The second-order valence-corrected chi connectivity index (χ2v) is 5.82. The van der Waals surface area contributed by atoms with Gasteiger partial charge in [-0.05, 0) is 30.7 Å². The molecule has 1 heterocycles. The van der Waals surface area contributed by atoms with Crippen LogP contribution in [0.5, 0.6) is 0 Å². The van der Waals surface area contributed by atoms with Crippen LogP contribution < -0.4 is 5.32 Å². The fourth-order valence-corrected chi connectivity index (χ4v) is 2.88. The molecule has 1 aromatic carbocycles. The van der Waals surface area contributed by atoms with Gasteiger partial charge in [-0.25, -0.2) is 0 Å². The number of hydrogen-bond donors (Lipinski definition) is 1. The van der Waals surface area contributed by atoms with Crippen molar-refractivity contribution in [3.05, 3.63) is 35.9 Å². The molecule has 22 heavy (non-hydrogen) atoms. The van der Waals surface area contributed by atoms with Gasteiger partial charge in [-0.15, -0.1) is 0 Å². The van der Waals surface area contributed by atoms with Gasteiger partial charge >= 0.3 is 0 Å². The largest absolute Gasteiger partial charge is 0.381 e. The molecule has 4 nitrogen and oxygen atoms in total. The predicted octanol–water partition coefficient (Wildman–Crippen LogP) is 2.91. The first kappa shape index (κ1) is 17.0. The zero-order valence-corrected chi connectivity index (χ0v) is 13.4. The highest BCUT2D eigenvalue weighted by Gasteiger charge is 2.23. The Morgan fingerprint density at radius 2 is 2.05 bits per heavy atom. The summed E-state index contributed by atoms with van der Waals surface area (Å²) in [5, 5.41) is 3.16. The zero-order valence-electron chi connectivity index (χ0n) is 13.4. The van der Waals surface area contributed by atoms with Gasteiger partial charge < -0.3 is 14.8 Å². The van der Waals surface area contributed by atoms with Crippen LogP contribution in [0.15, 0.2) is 30.3 Å². The predicted molar refractivity (Wildman–Crippen MR) is 86.5 cm³/mol. The maximum Gasteiger partial charge on any atom is 0.222 e. The number of ether oxygens (including phenoxy) is 2. The lowest BCUT2D eigenvalue weighted by Gasteiger charge is -2.30. The van der Waals surface area contributed by atoms with E-state index < -0.39 is 0 Å². The third-order valence-electron chi connectivity index (χ3n) is 4.21. The number of nitrogens with one attached hydrogen (secondary N) is 1. The van der Waals surface area contributed by atoms with Gasteiger partial charge in [0, 0.05) is 25.7 Å². The van der Waals surface area contributed by atoms with Crippen LogP contribution in [0.1, 0.15) is 38.2 Å². The van der Waals surface area contributed by atoms with Crippen LogP contribution in [0.4, 0.5) is 0 Å². The normalized spacial score (nSPS) is 17.1. The molecule has 1 atom stereocenters. The minimum absolute atomic E-state index is 0.0893. The Kier molecular flexibility index (Phi) is 7.40. The summed E-state index contributed by atoms with van der Waals surface area (Å²) in [5.74, 6) is 0.638. The van der Waals surface area contributed by atoms with Crippen molar-refractivity contribution in [2.45, 2.75) is 45.3 Å². The van der Waals surface area contributed by atoms with E-state index in [0.29, 0.717) is 25.6 Å². The van der Waals surface area contributed by atoms with Gasteiger partial charge in [-0.3, -0.25) is 4.79 Å². The fourth-order valence-electron chi connectivity index (χ4n) is 2.88. The quantitative estimate of drug-likeness (QED) is 0.751. The summed E-state index contributed by atoms with van der Waals surface area (Å²) >= 11 is 0. The van der Waals surface area contributed by atoms with Gasteiger partial charge in [0.2, 0.25) is 5.91 Å². The minimum Gasteiger partial charge on any atom is -0.381 e. The lowest BCUT2D eigenvalue weighted by atomic mass is 9.90. The van der Waals surface area contributed by atoms with E-state index in [0.717, 1.165) is 38.0 Å². The average molecular weight is 305 g/mol. The third kappa shape index (κ3) is 5.78. The highest BCUT2D eigenvalue weighted by molar-refractivity contribution is 5.76. The minimum atomic E-state index is 0.0893. The molecular weight excluding hydrogens is 278 g/mol. The Morgan fingerprint density at radius 1 is 1.32 bits per heavy atom. The molecule has 122 valence electrons. The van der Waals surface area contributed by atoms with E-state index in [1.54, 1.807) is 0 Å². The summed E-state index contributed by atoms with van der Waals surface area (Å²) < 4.78 is 11.0. The lowest BCUT2D eigenvalue weighted by Crippen LogP contribution is -2.42. The molecule has 0 radical (unpaired) electrons. The van der Waals surface area contributed by atoms with Crippen molar-refractivity contribution in [1.29, 1.82) is 0 Å². The fraction of sp³-hybridized carbons (Fsp3) is 0.611. The van der Waals surface area contributed by atoms with E-state index >= 15 is 0 Å². The van der Waals surface area contributed by atoms with Crippen molar-refractivity contribution in [3.8, 4) is 0 Å². The Labute approximate surface area is 133 Å². The molecule has 0 spiro atoms. The molecule has 1 aliphatic rings. The molecular formula is C18H27NO3. The highest BCUT2D eigenvalue weighted by atomic mass is 16.5. The van der Waals surface area contributed by atoms with E-state index in [2.05, 4.69) is 12.2 Å². The number of amides is 1. The average Bonchev–Trinajstić information content (AvgIpc) is 2.58. The van der Waals surface area contributed by atoms with Crippen LogP contribution in [0, 0.1) is 5.92 Å². The number of benzene rings is 1. The first-order valence-corrected chi connectivity index (χ1v) is 8.28. The number of carbonyl (C=O) groups excluding carboxylic acids is 1. The monoisotopic (exact) mass is 305 g/mol. The molecule has 0 aliphatic carbocycles. The summed E-state index contributed by atoms with van der Waals surface area (Å²) in [6.07, 6.45) is 3.49. The Morgan fingerprint density at radius 3 is 2.73 bits per heavy atom. The molecule has 0 aromatic heterocycles. The van der Waals surface area contributed by atoms with Gasteiger partial charge in [0.05, 0.1) is 13.2 Å². The van der Waals surface area contributed by atoms with Gasteiger partial charge in [-0.2, -0.15) is 0 Å². The van der Waals surface area contributed by atoms with E-state index in [1.807, 2.05) is 30.3 Å². The van der Waals surface area contributed by atoms with Gasteiger partial charge in [0.15, 0.2) is 0 Å². The Hall–Kier alpha value is -1.39. The summed E-state index contributed by atoms with van der Waals surface area (Å²) in [7, 11) is 0. The number of hydrogen-bond acceptors (Lipinski definition) is 3. The number of rotatable bonds is 8. The van der Waals surface area contributed by atoms with E-state index in [-0.39, 0.29) is 11.9 Å². The lowest BCUT2D eigenvalue weighted by molar-refractivity contribution is -0.123. The van der Waals surface area contributed by atoms with Crippen molar-refractivity contribution in [2.75, 3.05) is 19.8 Å². The van der Waals surface area contributed by atoms with Crippen molar-refractivity contribution in [3.63, 3.8) is 0 Å². The Bertz CT molecular complexity index is 429. The van der Waals surface area contributed by atoms with E-state index in [9.17, 15) is 4.79 Å². The maximum absolute atomic E-state index is 12.0. The molecule has 1 unspecified atom stereocenters. The van der Waals surface area contributed by atoms with Crippen LogP contribution in [-0.4, -0.2) is 31.8 Å². The molecule has 4 heteroatoms. The molecule has 1 saturated heterocycles. The van der Waals surface area contributed by atoms with Crippen LogP contribution >= 0.6 is 0 Å². The first-order chi connectivity index (χ1) is 10.8. The van der Waals surface area contributed by atoms with Crippen molar-refractivity contribution < 1.29 is 14.3 Å². The molecule has 1 fully saturated rings. The van der Waals surface area contributed by atoms with E-state index in [1.165, 1.54) is 0 Å². The molecule has 1 amide bonds. The summed E-state index contributed by atoms with van der Waals surface area (Å²) in [6, 6.07) is 10.3. The van der Waals surface area contributed by atoms with Gasteiger partial charge in [-0.1, -0.05) is 37.3 Å². The molecule has 0 bridgehead atoms. The standard InChI is InChI=1S/C18H27NO3/c1-2-17(16-8-11-21-12-9-16)19-18(20)10-13-22-14-15-6-4-3-5-7-15/h3-7,16-17H,2,8-14H2,1H3,(H,19,20). The van der Waals surface area contributed by atoms with Gasteiger partial charge in [0.1, 0.15) is 0 Å². The third-order valence-corrected chi connectivity index (χ3v) is 4.21. The highest BCUT2D eigenvalue weighted by Crippen LogP contribution is 2.20. The van der Waals surface area contributed by atoms with Crippen LogP contribution in [-0.2, 0) is 20.9 Å². The van der Waals surface area contributed by atoms with Crippen molar-refractivity contribution in [2.24, 2.45) is 5.92 Å². The molecule has 1 aromatic rings. The van der Waals surface area contributed by atoms with Gasteiger partial charge in [0.25, 0.3) is 0 Å². The smallest absolute Gasteiger partial charge is 0.222 e. The second kappa shape index (κ2) is 9.59. The Balaban J connectivity index is 1.63. The van der Waals surface area contributed by atoms with Crippen LogP contribution in [0.2, 0.25) is 0 Å².